The van der Waals surface area contributed by atoms with Crippen molar-refractivity contribution >= 4 is 22.9 Å². The maximum atomic E-state index is 6.07. The Kier molecular flexibility index (Phi) is 3.59. The van der Waals surface area contributed by atoms with Gasteiger partial charge in [-0.25, -0.2) is 9.97 Å². The molecule has 2 aromatic heterocycles. The van der Waals surface area contributed by atoms with Crippen LogP contribution in [0.5, 0.6) is 0 Å². The Morgan fingerprint density at radius 1 is 1.39 bits per heavy atom. The first-order chi connectivity index (χ1) is 8.83. The number of aromatic nitrogens is 2. The number of nitrogens with one attached hydrogen (secondary N) is 1. The minimum Gasteiger partial charge on any atom is -0.310 e. The van der Waals surface area contributed by atoms with Gasteiger partial charge in [-0.2, -0.15) is 0 Å². The molecule has 0 amide bonds. The molecule has 1 fully saturated rings. The van der Waals surface area contributed by atoms with Crippen LogP contribution in [0.15, 0.2) is 24.5 Å². The Balaban J connectivity index is 1.66. The molecule has 0 aromatic carbocycles. The van der Waals surface area contributed by atoms with Crippen molar-refractivity contribution in [3.63, 3.8) is 0 Å². The van der Waals surface area contributed by atoms with Crippen molar-refractivity contribution in [2.45, 2.75) is 19.4 Å². The molecule has 3 nitrogen and oxygen atoms in total. The van der Waals surface area contributed by atoms with E-state index in [9.17, 15) is 0 Å². The molecule has 0 atom stereocenters. The molecule has 1 aliphatic rings. The van der Waals surface area contributed by atoms with Gasteiger partial charge < -0.3 is 5.32 Å². The summed E-state index contributed by atoms with van der Waals surface area (Å²) in [5.41, 5.74) is 0.963. The van der Waals surface area contributed by atoms with Gasteiger partial charge in [0, 0.05) is 24.5 Å². The third kappa shape index (κ3) is 2.88. The van der Waals surface area contributed by atoms with E-state index in [4.69, 9.17) is 11.6 Å². The van der Waals surface area contributed by atoms with Crippen LogP contribution in [0.4, 0.5) is 0 Å². The van der Waals surface area contributed by atoms with E-state index < -0.39 is 0 Å². The van der Waals surface area contributed by atoms with Gasteiger partial charge in [-0.15, -0.1) is 11.3 Å². The average molecular weight is 280 g/mol. The summed E-state index contributed by atoms with van der Waals surface area (Å²) in [5, 5.41) is 5.09. The number of pyridine rings is 1. The zero-order valence-electron chi connectivity index (χ0n) is 9.90. The van der Waals surface area contributed by atoms with Crippen molar-refractivity contribution in [3.8, 4) is 10.4 Å². The fourth-order valence-corrected chi connectivity index (χ4v) is 2.98. The van der Waals surface area contributed by atoms with Crippen molar-refractivity contribution < 1.29 is 0 Å². The number of hydrogen-bond acceptors (Lipinski definition) is 4. The number of nitrogens with zero attached hydrogens (tertiary/aromatic N) is 2. The standard InChI is InChI=1S/C13H14ClN3S/c14-13-10(2-1-5-16-13)11-7-17-12(18-11)8-15-6-9-3-4-9/h1-2,5,7,9,15H,3-4,6,8H2. The van der Waals surface area contributed by atoms with Gasteiger partial charge in [-0.3, -0.25) is 0 Å². The molecule has 0 saturated heterocycles. The zero-order chi connectivity index (χ0) is 12.4. The predicted octanol–water partition coefficient (Wildman–Crippen LogP) is 3.36. The van der Waals surface area contributed by atoms with Crippen molar-refractivity contribution in [2.24, 2.45) is 5.92 Å². The van der Waals surface area contributed by atoms with Crippen LogP contribution in [0.1, 0.15) is 17.8 Å². The second-order valence-electron chi connectivity index (χ2n) is 4.53. The van der Waals surface area contributed by atoms with Crippen LogP contribution < -0.4 is 5.32 Å². The molecule has 1 N–H and O–H groups in total. The quantitative estimate of drug-likeness (QED) is 0.853. The Labute approximate surface area is 115 Å². The van der Waals surface area contributed by atoms with Gasteiger partial charge in [0.25, 0.3) is 0 Å². The molecule has 0 radical (unpaired) electrons. The summed E-state index contributed by atoms with van der Waals surface area (Å²) in [6, 6.07) is 3.87. The smallest absolute Gasteiger partial charge is 0.137 e. The van der Waals surface area contributed by atoms with Crippen LogP contribution in [0.2, 0.25) is 5.15 Å². The van der Waals surface area contributed by atoms with E-state index in [1.165, 1.54) is 12.8 Å². The van der Waals surface area contributed by atoms with Crippen molar-refractivity contribution in [1.82, 2.24) is 15.3 Å². The normalized spacial score (nSPS) is 14.9. The highest BCUT2D eigenvalue weighted by molar-refractivity contribution is 7.15. The molecule has 18 heavy (non-hydrogen) atoms. The van der Waals surface area contributed by atoms with E-state index in [1.54, 1.807) is 17.5 Å². The highest BCUT2D eigenvalue weighted by atomic mass is 35.5. The van der Waals surface area contributed by atoms with Crippen molar-refractivity contribution in [1.29, 1.82) is 0 Å². The van der Waals surface area contributed by atoms with Gasteiger partial charge in [0.15, 0.2) is 0 Å². The van der Waals surface area contributed by atoms with Gasteiger partial charge in [0.2, 0.25) is 0 Å². The molecule has 1 saturated carbocycles. The van der Waals surface area contributed by atoms with E-state index in [0.717, 1.165) is 34.5 Å². The number of rotatable bonds is 5. The lowest BCUT2D eigenvalue weighted by atomic mass is 10.2. The first kappa shape index (κ1) is 12.1. The molecular weight excluding hydrogens is 266 g/mol. The number of hydrogen-bond donors (Lipinski definition) is 1. The van der Waals surface area contributed by atoms with Crippen molar-refractivity contribution in [2.75, 3.05) is 6.54 Å². The topological polar surface area (TPSA) is 37.8 Å². The van der Waals surface area contributed by atoms with Crippen LogP contribution in [0.25, 0.3) is 10.4 Å². The molecule has 3 rings (SSSR count). The van der Waals surface area contributed by atoms with Crippen LogP contribution in [-0.4, -0.2) is 16.5 Å². The third-order valence-corrected chi connectivity index (χ3v) is 4.32. The van der Waals surface area contributed by atoms with E-state index in [1.807, 2.05) is 18.3 Å². The van der Waals surface area contributed by atoms with Crippen LogP contribution in [0.3, 0.4) is 0 Å². The van der Waals surface area contributed by atoms with Gasteiger partial charge in [-0.05, 0) is 37.4 Å². The van der Waals surface area contributed by atoms with Crippen LogP contribution >= 0.6 is 22.9 Å². The summed E-state index contributed by atoms with van der Waals surface area (Å²) in [6.07, 6.45) is 6.33. The monoisotopic (exact) mass is 279 g/mol. The lowest BCUT2D eigenvalue weighted by molar-refractivity contribution is 0.637. The van der Waals surface area contributed by atoms with E-state index in [2.05, 4.69) is 15.3 Å². The zero-order valence-corrected chi connectivity index (χ0v) is 11.5. The summed E-state index contributed by atoms with van der Waals surface area (Å²) in [4.78, 5) is 9.59. The minimum absolute atomic E-state index is 0.540. The molecule has 0 unspecified atom stereocenters. The van der Waals surface area contributed by atoms with Crippen LogP contribution in [0, 0.1) is 5.92 Å². The predicted molar refractivity (Wildman–Crippen MR) is 74.8 cm³/mol. The highest BCUT2D eigenvalue weighted by Crippen LogP contribution is 2.31. The maximum Gasteiger partial charge on any atom is 0.137 e. The Hall–Kier alpha value is -0.970. The van der Waals surface area contributed by atoms with Gasteiger partial charge in [0.05, 0.1) is 4.88 Å². The Morgan fingerprint density at radius 3 is 3.06 bits per heavy atom. The SMILES string of the molecule is Clc1ncccc1-c1cnc(CNCC2CC2)s1. The summed E-state index contributed by atoms with van der Waals surface area (Å²) in [6.45, 7) is 1.96. The molecule has 5 heteroatoms. The van der Waals surface area contributed by atoms with Crippen LogP contribution in [-0.2, 0) is 6.54 Å². The summed E-state index contributed by atoms with van der Waals surface area (Å²) >= 11 is 7.75. The molecule has 94 valence electrons. The number of halogens is 1. The van der Waals surface area contributed by atoms with E-state index in [-0.39, 0.29) is 0 Å². The second kappa shape index (κ2) is 5.34. The average Bonchev–Trinajstić information content (AvgIpc) is 3.08. The largest absolute Gasteiger partial charge is 0.310 e. The highest BCUT2D eigenvalue weighted by Gasteiger charge is 2.20. The number of thiazole rings is 1. The maximum absolute atomic E-state index is 6.07. The summed E-state index contributed by atoms with van der Waals surface area (Å²) < 4.78 is 0. The first-order valence-corrected chi connectivity index (χ1v) is 7.28. The van der Waals surface area contributed by atoms with E-state index >= 15 is 0 Å². The lowest BCUT2D eigenvalue weighted by Gasteiger charge is -1.99. The second-order valence-corrected chi connectivity index (χ2v) is 6.01. The molecule has 0 spiro atoms. The van der Waals surface area contributed by atoms with Gasteiger partial charge >= 0.3 is 0 Å². The minimum atomic E-state index is 0.540. The molecule has 1 aliphatic carbocycles. The molecule has 0 aliphatic heterocycles. The summed E-state index contributed by atoms with van der Waals surface area (Å²) in [7, 11) is 0. The molecule has 0 bridgehead atoms. The lowest BCUT2D eigenvalue weighted by Crippen LogP contribution is -2.15. The third-order valence-electron chi connectivity index (χ3n) is 2.98. The fourth-order valence-electron chi connectivity index (χ4n) is 1.79. The Bertz CT molecular complexity index is 537. The van der Waals surface area contributed by atoms with Crippen molar-refractivity contribution in [3.05, 3.63) is 34.7 Å². The Morgan fingerprint density at radius 2 is 2.28 bits per heavy atom. The van der Waals surface area contributed by atoms with Gasteiger partial charge in [-0.1, -0.05) is 11.6 Å². The molecule has 2 heterocycles. The first-order valence-electron chi connectivity index (χ1n) is 6.09. The van der Waals surface area contributed by atoms with E-state index in [0.29, 0.717) is 5.15 Å². The summed E-state index contributed by atoms with van der Waals surface area (Å²) in [5.74, 6) is 0.900. The molecular formula is C13H14ClN3S. The van der Waals surface area contributed by atoms with Gasteiger partial charge in [0.1, 0.15) is 10.2 Å². The molecule has 2 aromatic rings. The fraction of sp³-hybridized carbons (Fsp3) is 0.385.